The van der Waals surface area contributed by atoms with Crippen molar-refractivity contribution in [3.05, 3.63) is 35.4 Å². The van der Waals surface area contributed by atoms with Crippen LogP contribution in [0.5, 0.6) is 0 Å². The maximum Gasteiger partial charge on any atom is 0.391 e. The topological polar surface area (TPSA) is 41.1 Å². The smallest absolute Gasteiger partial charge is 0.335 e. The van der Waals surface area contributed by atoms with Crippen LogP contribution in [-0.2, 0) is 0 Å². The van der Waals surface area contributed by atoms with Gasteiger partial charge < -0.3 is 10.6 Å². The van der Waals surface area contributed by atoms with Gasteiger partial charge in [0.25, 0.3) is 0 Å². The highest BCUT2D eigenvalue weighted by atomic mass is 19.4. The summed E-state index contributed by atoms with van der Waals surface area (Å²) in [5.74, 6) is -2.94. The summed E-state index contributed by atoms with van der Waals surface area (Å²) in [4.78, 5) is 11.9. The Kier molecular flexibility index (Phi) is 5.66. The van der Waals surface area contributed by atoms with E-state index < -0.39 is 41.8 Å². The van der Waals surface area contributed by atoms with E-state index >= 15 is 0 Å². The Morgan fingerprint density at radius 1 is 1.25 bits per heavy atom. The van der Waals surface area contributed by atoms with Crippen LogP contribution in [0, 0.1) is 17.6 Å². The van der Waals surface area contributed by atoms with Crippen molar-refractivity contribution >= 4 is 6.03 Å². The molecule has 3 nitrogen and oxygen atoms in total. The van der Waals surface area contributed by atoms with Crippen molar-refractivity contribution < 1.29 is 26.7 Å². The average molecular weight is 350 g/mol. The Balaban J connectivity index is 1.90. The first-order valence-corrected chi connectivity index (χ1v) is 7.75. The van der Waals surface area contributed by atoms with Gasteiger partial charge in [0, 0.05) is 17.7 Å². The Morgan fingerprint density at radius 2 is 1.96 bits per heavy atom. The highest BCUT2D eigenvalue weighted by molar-refractivity contribution is 5.74. The Morgan fingerprint density at radius 3 is 2.58 bits per heavy atom. The number of amides is 2. The van der Waals surface area contributed by atoms with Crippen LogP contribution in [-0.4, -0.2) is 18.2 Å². The number of benzene rings is 1. The van der Waals surface area contributed by atoms with Crippen LogP contribution in [0.15, 0.2) is 18.2 Å². The van der Waals surface area contributed by atoms with E-state index in [0.717, 1.165) is 6.07 Å². The van der Waals surface area contributed by atoms with Crippen LogP contribution >= 0.6 is 0 Å². The van der Waals surface area contributed by atoms with Crippen molar-refractivity contribution in [3.63, 3.8) is 0 Å². The van der Waals surface area contributed by atoms with Gasteiger partial charge in [-0.3, -0.25) is 0 Å². The molecule has 1 aliphatic carbocycles. The van der Waals surface area contributed by atoms with Gasteiger partial charge in [0.2, 0.25) is 0 Å². The molecule has 2 N–H and O–H groups in total. The third kappa shape index (κ3) is 4.82. The lowest BCUT2D eigenvalue weighted by atomic mass is 9.85. The second-order valence-electron chi connectivity index (χ2n) is 6.11. The molecule has 1 saturated carbocycles. The monoisotopic (exact) mass is 350 g/mol. The second-order valence-corrected chi connectivity index (χ2v) is 6.11. The van der Waals surface area contributed by atoms with Gasteiger partial charge in [-0.15, -0.1) is 0 Å². The zero-order valence-corrected chi connectivity index (χ0v) is 13.1. The zero-order valence-electron chi connectivity index (χ0n) is 13.1. The largest absolute Gasteiger partial charge is 0.391 e. The maximum absolute atomic E-state index is 13.7. The van der Waals surface area contributed by atoms with Crippen molar-refractivity contribution in [2.45, 2.75) is 50.9 Å². The molecule has 1 fully saturated rings. The molecule has 0 aliphatic heterocycles. The molecule has 0 bridgehead atoms. The lowest BCUT2D eigenvalue weighted by molar-refractivity contribution is -0.183. The van der Waals surface area contributed by atoms with Crippen molar-refractivity contribution in [3.8, 4) is 0 Å². The molecule has 1 aromatic rings. The molecule has 0 radical (unpaired) electrons. The van der Waals surface area contributed by atoms with Gasteiger partial charge >= 0.3 is 12.2 Å². The average Bonchev–Trinajstić information content (AvgIpc) is 2.46. The van der Waals surface area contributed by atoms with Crippen LogP contribution in [0.25, 0.3) is 0 Å². The molecule has 134 valence electrons. The van der Waals surface area contributed by atoms with Crippen molar-refractivity contribution in [2.24, 2.45) is 5.92 Å². The van der Waals surface area contributed by atoms with Gasteiger partial charge in [-0.1, -0.05) is 12.5 Å². The van der Waals surface area contributed by atoms with E-state index in [-0.39, 0.29) is 18.4 Å². The first kappa shape index (κ1) is 18.5. The maximum atomic E-state index is 13.7. The van der Waals surface area contributed by atoms with E-state index in [1.165, 1.54) is 13.0 Å². The number of rotatable bonds is 3. The number of hydrogen-bond acceptors (Lipinski definition) is 1. The van der Waals surface area contributed by atoms with Crippen LogP contribution in [0.1, 0.15) is 44.2 Å². The molecule has 3 atom stereocenters. The fourth-order valence-corrected chi connectivity index (χ4v) is 2.97. The van der Waals surface area contributed by atoms with E-state index in [2.05, 4.69) is 10.6 Å². The third-order valence-electron chi connectivity index (χ3n) is 4.25. The van der Waals surface area contributed by atoms with Gasteiger partial charge in [0.05, 0.1) is 12.0 Å². The third-order valence-corrected chi connectivity index (χ3v) is 4.25. The molecular formula is C16H19F5N2O. The van der Waals surface area contributed by atoms with Gasteiger partial charge in [-0.25, -0.2) is 13.6 Å². The number of halogens is 5. The van der Waals surface area contributed by atoms with E-state index in [1.54, 1.807) is 0 Å². The fourth-order valence-electron chi connectivity index (χ4n) is 2.97. The Labute approximate surface area is 136 Å². The van der Waals surface area contributed by atoms with Crippen molar-refractivity contribution in [1.29, 1.82) is 0 Å². The molecule has 0 saturated heterocycles. The highest BCUT2D eigenvalue weighted by Gasteiger charge is 2.42. The van der Waals surface area contributed by atoms with Crippen molar-refractivity contribution in [2.75, 3.05) is 0 Å². The number of alkyl halides is 3. The van der Waals surface area contributed by atoms with Crippen LogP contribution in [0.4, 0.5) is 26.7 Å². The van der Waals surface area contributed by atoms with E-state index in [1.807, 2.05) is 0 Å². The molecule has 1 aliphatic rings. The SMILES string of the molecule is CC(NC(=O)NC1CCCC(C(F)(F)F)C1)c1ccc(F)cc1F. The molecule has 1 aromatic carbocycles. The van der Waals surface area contributed by atoms with Gasteiger partial charge in [0.15, 0.2) is 0 Å². The molecule has 0 spiro atoms. The van der Waals surface area contributed by atoms with Crippen LogP contribution < -0.4 is 10.6 Å². The first-order valence-electron chi connectivity index (χ1n) is 7.75. The minimum Gasteiger partial charge on any atom is -0.335 e. The minimum absolute atomic E-state index is 0.0699. The number of urea groups is 1. The molecule has 0 heterocycles. The van der Waals surface area contributed by atoms with E-state index in [9.17, 15) is 26.7 Å². The predicted octanol–water partition coefficient (Wildman–Crippen LogP) is 4.45. The molecule has 0 aromatic heterocycles. The van der Waals surface area contributed by atoms with Crippen LogP contribution in [0.3, 0.4) is 0 Å². The standard InChI is InChI=1S/C16H19F5N2O/c1-9(13-6-5-11(17)8-14(13)18)22-15(24)23-12-4-2-3-10(7-12)16(19,20)21/h5-6,8-10,12H,2-4,7H2,1H3,(H2,22,23,24). The summed E-state index contributed by atoms with van der Waals surface area (Å²) < 4.78 is 64.8. The lowest BCUT2D eigenvalue weighted by Gasteiger charge is -2.31. The van der Waals surface area contributed by atoms with Gasteiger partial charge in [0.1, 0.15) is 11.6 Å². The quantitative estimate of drug-likeness (QED) is 0.777. The number of carbonyl (C=O) groups excluding carboxylic acids is 1. The molecule has 3 unspecified atom stereocenters. The van der Waals surface area contributed by atoms with Crippen molar-refractivity contribution in [1.82, 2.24) is 10.6 Å². The summed E-state index contributed by atoms with van der Waals surface area (Å²) in [6.45, 7) is 1.51. The molecule has 2 rings (SSSR count). The van der Waals surface area contributed by atoms with E-state index in [4.69, 9.17) is 0 Å². The molecule has 2 amide bonds. The van der Waals surface area contributed by atoms with E-state index in [0.29, 0.717) is 18.9 Å². The minimum atomic E-state index is -4.26. The Bertz CT molecular complexity index is 590. The summed E-state index contributed by atoms with van der Waals surface area (Å²) in [5, 5.41) is 4.97. The highest BCUT2D eigenvalue weighted by Crippen LogP contribution is 2.37. The fraction of sp³-hybridized carbons (Fsp3) is 0.562. The summed E-state index contributed by atoms with van der Waals surface area (Å²) in [6.07, 6.45) is -3.49. The number of carbonyl (C=O) groups is 1. The molecule has 8 heteroatoms. The Hall–Kier alpha value is -1.86. The molecule has 24 heavy (non-hydrogen) atoms. The van der Waals surface area contributed by atoms with Gasteiger partial charge in [-0.2, -0.15) is 13.2 Å². The van der Waals surface area contributed by atoms with Gasteiger partial charge in [-0.05, 0) is 32.3 Å². The summed E-state index contributed by atoms with van der Waals surface area (Å²) >= 11 is 0. The zero-order chi connectivity index (χ0) is 17.9. The molecular weight excluding hydrogens is 331 g/mol. The summed E-state index contributed by atoms with van der Waals surface area (Å²) in [6, 6.07) is 1.02. The lowest BCUT2D eigenvalue weighted by Crippen LogP contribution is -2.46. The summed E-state index contributed by atoms with van der Waals surface area (Å²) in [7, 11) is 0. The summed E-state index contributed by atoms with van der Waals surface area (Å²) in [5.41, 5.74) is 0.100. The predicted molar refractivity (Wildman–Crippen MR) is 78.2 cm³/mol. The number of hydrogen-bond donors (Lipinski definition) is 2. The van der Waals surface area contributed by atoms with Crippen LogP contribution in [0.2, 0.25) is 0 Å². The second kappa shape index (κ2) is 7.36. The normalized spacial score (nSPS) is 22.8. The first-order chi connectivity index (χ1) is 11.2. The number of nitrogens with one attached hydrogen (secondary N) is 2.